The first-order valence-corrected chi connectivity index (χ1v) is 9.96. The highest BCUT2D eigenvalue weighted by atomic mass is 16.4. The van der Waals surface area contributed by atoms with Crippen LogP contribution in [0.3, 0.4) is 0 Å². The van der Waals surface area contributed by atoms with E-state index in [4.69, 9.17) is 0 Å². The molecule has 0 aromatic rings. The third-order valence-corrected chi connectivity index (χ3v) is 5.39. The smallest absolute Gasteiger partial charge is 0.0448 e. The summed E-state index contributed by atoms with van der Waals surface area (Å²) in [6.45, 7) is 2.26. The molecule has 2 heteroatoms. The lowest BCUT2D eigenvalue weighted by Crippen LogP contribution is -2.36. The van der Waals surface area contributed by atoms with E-state index in [2.05, 4.69) is 6.92 Å². The van der Waals surface area contributed by atoms with E-state index < -0.39 is 5.97 Å². The Labute approximate surface area is 138 Å². The highest BCUT2D eigenvalue weighted by molar-refractivity contribution is 5.68. The Balaban J connectivity index is 2.00. The lowest BCUT2D eigenvalue weighted by atomic mass is 9.78. The van der Waals surface area contributed by atoms with Crippen molar-refractivity contribution in [3.63, 3.8) is 0 Å². The quantitative estimate of drug-likeness (QED) is 0.436. The molecule has 0 aromatic carbocycles. The molecule has 1 saturated carbocycles. The molecule has 0 aromatic heterocycles. The van der Waals surface area contributed by atoms with Crippen molar-refractivity contribution in [2.24, 2.45) is 11.8 Å². The number of hydrogen-bond acceptors (Lipinski definition) is 2. The maximum absolute atomic E-state index is 11.4. The summed E-state index contributed by atoms with van der Waals surface area (Å²) in [4.78, 5) is 11.4. The van der Waals surface area contributed by atoms with Crippen LogP contribution in [0.5, 0.6) is 0 Å². The molecule has 1 rings (SSSR count). The van der Waals surface area contributed by atoms with E-state index in [1.807, 2.05) is 0 Å². The Kier molecular flexibility index (Phi) is 11.5. The van der Waals surface area contributed by atoms with Crippen LogP contribution in [0.1, 0.15) is 110 Å². The first-order valence-electron chi connectivity index (χ1n) is 9.96. The van der Waals surface area contributed by atoms with Crippen molar-refractivity contribution < 1.29 is 9.90 Å². The molecule has 0 N–H and O–H groups in total. The molecule has 1 unspecified atom stereocenters. The van der Waals surface area contributed by atoms with Gasteiger partial charge < -0.3 is 9.90 Å². The second kappa shape index (κ2) is 13.0. The van der Waals surface area contributed by atoms with Crippen molar-refractivity contribution in [2.45, 2.75) is 110 Å². The largest absolute Gasteiger partial charge is 0.550 e. The van der Waals surface area contributed by atoms with E-state index in [0.717, 1.165) is 25.7 Å². The monoisotopic (exact) mass is 309 g/mol. The summed E-state index contributed by atoms with van der Waals surface area (Å²) < 4.78 is 0. The predicted octanol–water partition coefficient (Wildman–Crippen LogP) is 5.24. The molecule has 1 aliphatic carbocycles. The number of carbonyl (C=O) groups excluding carboxylic acids is 1. The minimum atomic E-state index is -0.789. The van der Waals surface area contributed by atoms with Crippen molar-refractivity contribution in [3.8, 4) is 0 Å². The zero-order chi connectivity index (χ0) is 16.0. The fraction of sp³-hybridized carbons (Fsp3) is 0.950. The molecule has 22 heavy (non-hydrogen) atoms. The van der Waals surface area contributed by atoms with Gasteiger partial charge in [-0.3, -0.25) is 0 Å². The summed E-state index contributed by atoms with van der Waals surface area (Å²) in [5.41, 5.74) is 0. The fourth-order valence-electron chi connectivity index (χ4n) is 3.93. The zero-order valence-electron chi connectivity index (χ0n) is 14.8. The number of hydrogen-bond donors (Lipinski definition) is 0. The van der Waals surface area contributed by atoms with Gasteiger partial charge in [0.25, 0.3) is 0 Å². The van der Waals surface area contributed by atoms with E-state index in [0.29, 0.717) is 5.92 Å². The van der Waals surface area contributed by atoms with Gasteiger partial charge in [0.15, 0.2) is 0 Å². The molecule has 1 aliphatic rings. The van der Waals surface area contributed by atoms with Crippen molar-refractivity contribution in [3.05, 3.63) is 0 Å². The summed E-state index contributed by atoms with van der Waals surface area (Å²) >= 11 is 0. The predicted molar refractivity (Wildman–Crippen MR) is 91.5 cm³/mol. The second-order valence-corrected chi connectivity index (χ2v) is 7.29. The maximum Gasteiger partial charge on any atom is 0.0448 e. The molecule has 0 saturated heterocycles. The summed E-state index contributed by atoms with van der Waals surface area (Å²) in [6, 6.07) is 0. The molecule has 0 aliphatic heterocycles. The van der Waals surface area contributed by atoms with Gasteiger partial charge in [0.05, 0.1) is 0 Å². The number of carboxylic acid groups (broad SMARTS) is 1. The number of unbranched alkanes of at least 4 members (excludes halogenated alkanes) is 9. The van der Waals surface area contributed by atoms with Gasteiger partial charge in [-0.2, -0.15) is 0 Å². The summed E-state index contributed by atoms with van der Waals surface area (Å²) in [5.74, 6) is -0.561. The maximum atomic E-state index is 11.4. The molecule has 0 amide bonds. The Morgan fingerprint density at radius 3 is 1.86 bits per heavy atom. The van der Waals surface area contributed by atoms with Crippen LogP contribution in [0.15, 0.2) is 0 Å². The number of aliphatic carboxylic acids is 1. The van der Waals surface area contributed by atoms with Crippen LogP contribution in [-0.4, -0.2) is 5.97 Å². The van der Waals surface area contributed by atoms with Crippen LogP contribution >= 0.6 is 0 Å². The lowest BCUT2D eigenvalue weighted by Gasteiger charge is -2.31. The highest BCUT2D eigenvalue weighted by Crippen LogP contribution is 2.32. The summed E-state index contributed by atoms with van der Waals surface area (Å²) in [6.07, 6.45) is 19.9. The first kappa shape index (κ1) is 19.5. The molecular weight excluding hydrogens is 272 g/mol. The van der Waals surface area contributed by atoms with Crippen molar-refractivity contribution in [2.75, 3.05) is 0 Å². The summed E-state index contributed by atoms with van der Waals surface area (Å²) in [7, 11) is 0. The van der Waals surface area contributed by atoms with Gasteiger partial charge in [0.1, 0.15) is 0 Å². The van der Waals surface area contributed by atoms with E-state index in [9.17, 15) is 9.90 Å². The molecule has 2 nitrogen and oxygen atoms in total. The Morgan fingerprint density at radius 1 is 0.864 bits per heavy atom. The first-order chi connectivity index (χ1) is 10.8. The van der Waals surface area contributed by atoms with Crippen LogP contribution < -0.4 is 5.11 Å². The SMILES string of the molecule is CCCCCCCCCCCCC(C(=O)[O-])C1CCCCC1. The molecule has 1 atom stereocenters. The number of carboxylic acids is 1. The number of rotatable bonds is 13. The summed E-state index contributed by atoms with van der Waals surface area (Å²) in [5, 5.41) is 11.4. The molecular formula is C20H37O2-. The topological polar surface area (TPSA) is 40.1 Å². The van der Waals surface area contributed by atoms with Gasteiger partial charge in [0, 0.05) is 11.9 Å². The molecule has 0 radical (unpaired) electrons. The van der Waals surface area contributed by atoms with Gasteiger partial charge in [-0.15, -0.1) is 0 Å². The molecule has 0 bridgehead atoms. The highest BCUT2D eigenvalue weighted by Gasteiger charge is 2.23. The van der Waals surface area contributed by atoms with Crippen LogP contribution in [0, 0.1) is 11.8 Å². The molecule has 0 spiro atoms. The van der Waals surface area contributed by atoms with Gasteiger partial charge in [-0.25, -0.2) is 0 Å². The van der Waals surface area contributed by atoms with E-state index in [1.165, 1.54) is 77.0 Å². The van der Waals surface area contributed by atoms with Gasteiger partial charge in [0.2, 0.25) is 0 Å². The van der Waals surface area contributed by atoms with Gasteiger partial charge >= 0.3 is 0 Å². The average Bonchev–Trinajstić information content (AvgIpc) is 2.53. The Bertz CT molecular complexity index is 269. The Morgan fingerprint density at radius 2 is 1.36 bits per heavy atom. The van der Waals surface area contributed by atoms with Crippen LogP contribution in [-0.2, 0) is 4.79 Å². The van der Waals surface area contributed by atoms with E-state index in [-0.39, 0.29) is 5.92 Å². The standard InChI is InChI=1S/C20H38O2/c1-2-3-4-5-6-7-8-9-10-14-17-19(20(21)22)18-15-12-11-13-16-18/h18-19H,2-17H2,1H3,(H,21,22)/p-1. The minimum Gasteiger partial charge on any atom is -0.550 e. The third kappa shape index (κ3) is 8.80. The van der Waals surface area contributed by atoms with Crippen molar-refractivity contribution in [1.29, 1.82) is 0 Å². The van der Waals surface area contributed by atoms with E-state index >= 15 is 0 Å². The lowest BCUT2D eigenvalue weighted by molar-refractivity contribution is -0.314. The average molecular weight is 310 g/mol. The van der Waals surface area contributed by atoms with Gasteiger partial charge in [-0.1, -0.05) is 90.4 Å². The van der Waals surface area contributed by atoms with Gasteiger partial charge in [-0.05, 0) is 25.2 Å². The van der Waals surface area contributed by atoms with Crippen molar-refractivity contribution in [1.82, 2.24) is 0 Å². The normalized spacial score (nSPS) is 17.5. The van der Waals surface area contributed by atoms with Crippen LogP contribution in [0.2, 0.25) is 0 Å². The number of carbonyl (C=O) groups is 1. The fourth-order valence-corrected chi connectivity index (χ4v) is 3.93. The molecule has 130 valence electrons. The van der Waals surface area contributed by atoms with Crippen LogP contribution in [0.25, 0.3) is 0 Å². The molecule has 0 heterocycles. The second-order valence-electron chi connectivity index (χ2n) is 7.29. The van der Waals surface area contributed by atoms with Crippen LogP contribution in [0.4, 0.5) is 0 Å². The zero-order valence-corrected chi connectivity index (χ0v) is 14.8. The minimum absolute atomic E-state index is 0.172. The van der Waals surface area contributed by atoms with E-state index in [1.54, 1.807) is 0 Å². The Hall–Kier alpha value is -0.530. The van der Waals surface area contributed by atoms with Crippen molar-refractivity contribution >= 4 is 5.97 Å². The third-order valence-electron chi connectivity index (χ3n) is 5.39. The molecule has 1 fully saturated rings.